The zero-order chi connectivity index (χ0) is 28.3. The Balaban J connectivity index is 1.64. The average molecular weight is 559 g/mol. The molecule has 2 N–H and O–H groups in total. The first-order valence-electron chi connectivity index (χ1n) is 12.1. The van der Waals surface area contributed by atoms with E-state index in [2.05, 4.69) is 16.6 Å². The van der Waals surface area contributed by atoms with Crippen LogP contribution in [0, 0.1) is 18.2 Å². The van der Waals surface area contributed by atoms with E-state index < -0.39 is 56.9 Å². The van der Waals surface area contributed by atoms with Crippen LogP contribution >= 0.6 is 0 Å². The fourth-order valence-corrected chi connectivity index (χ4v) is 5.88. The van der Waals surface area contributed by atoms with Crippen molar-refractivity contribution in [2.45, 2.75) is 42.4 Å². The van der Waals surface area contributed by atoms with E-state index in [9.17, 15) is 30.8 Å². The highest BCUT2D eigenvalue weighted by atomic mass is 32.2. The van der Waals surface area contributed by atoms with Crippen LogP contribution < -0.4 is 10.6 Å². The van der Waals surface area contributed by atoms with Crippen molar-refractivity contribution in [3.05, 3.63) is 95.8 Å². The number of rotatable bonds is 10. The Morgan fingerprint density at radius 1 is 0.974 bits per heavy atom. The molecule has 0 aliphatic heterocycles. The molecule has 1 aliphatic carbocycles. The first-order valence-corrected chi connectivity index (χ1v) is 14.0. The molecular formula is C29H26F4N2O3S. The molecule has 5 nitrogen and oxygen atoms in total. The summed E-state index contributed by atoms with van der Waals surface area (Å²) in [6.45, 7) is 0. The molecule has 10 heteroatoms. The van der Waals surface area contributed by atoms with Gasteiger partial charge in [0.25, 0.3) is 0 Å². The van der Waals surface area contributed by atoms with Gasteiger partial charge in [0.1, 0.15) is 23.4 Å². The van der Waals surface area contributed by atoms with Crippen molar-refractivity contribution in [1.29, 1.82) is 0 Å². The Hall–Kier alpha value is -3.68. The number of carbonyl (C=O) groups is 1. The molecule has 0 bridgehead atoms. The van der Waals surface area contributed by atoms with Crippen LogP contribution in [0.15, 0.2) is 78.9 Å². The molecule has 39 heavy (non-hydrogen) atoms. The van der Waals surface area contributed by atoms with Gasteiger partial charge in [-0.1, -0.05) is 72.7 Å². The quantitative estimate of drug-likeness (QED) is 0.273. The summed E-state index contributed by atoms with van der Waals surface area (Å²) in [7, 11) is -4.13. The van der Waals surface area contributed by atoms with E-state index in [0.717, 1.165) is 29.8 Å². The van der Waals surface area contributed by atoms with Crippen molar-refractivity contribution < 1.29 is 30.8 Å². The minimum atomic E-state index is -4.91. The van der Waals surface area contributed by atoms with E-state index in [0.29, 0.717) is 24.0 Å². The lowest BCUT2D eigenvalue weighted by Crippen LogP contribution is -2.54. The van der Waals surface area contributed by atoms with Gasteiger partial charge in [-0.2, -0.15) is 13.2 Å². The fraction of sp³-hybridized carbons (Fsp3) is 0.276. The third-order valence-electron chi connectivity index (χ3n) is 6.50. The Morgan fingerprint density at radius 3 is 2.18 bits per heavy atom. The smallest absolute Gasteiger partial charge is 0.338 e. The van der Waals surface area contributed by atoms with Gasteiger partial charge in [-0.05, 0) is 47.2 Å². The van der Waals surface area contributed by atoms with Crippen molar-refractivity contribution in [2.75, 3.05) is 5.75 Å². The number of nitrogens with one attached hydrogen (secondary N) is 2. The monoisotopic (exact) mass is 558 g/mol. The molecule has 1 amide bonds. The lowest BCUT2D eigenvalue weighted by Gasteiger charge is -2.28. The van der Waals surface area contributed by atoms with Crippen LogP contribution in [0.25, 0.3) is 11.1 Å². The number of benzene rings is 3. The van der Waals surface area contributed by atoms with E-state index in [-0.39, 0.29) is 5.56 Å². The summed E-state index contributed by atoms with van der Waals surface area (Å²) in [4.78, 5) is 13.2. The molecular weight excluding hydrogens is 532 g/mol. The van der Waals surface area contributed by atoms with Crippen LogP contribution in [0.1, 0.15) is 30.0 Å². The van der Waals surface area contributed by atoms with Gasteiger partial charge in [0.15, 0.2) is 9.84 Å². The summed E-state index contributed by atoms with van der Waals surface area (Å²) in [5.74, 6) is -0.703. The second kappa shape index (κ2) is 11.2. The van der Waals surface area contributed by atoms with E-state index in [1.807, 2.05) is 18.2 Å². The maximum atomic E-state index is 14.1. The first kappa shape index (κ1) is 28.3. The van der Waals surface area contributed by atoms with E-state index in [1.54, 1.807) is 36.4 Å². The molecule has 0 saturated heterocycles. The topological polar surface area (TPSA) is 75.3 Å². The van der Waals surface area contributed by atoms with E-state index in [1.165, 1.54) is 0 Å². The molecule has 0 heterocycles. The Labute approximate surface area is 224 Å². The standard InChI is InChI=1S/C29H26F4N2O3S/c1-2-28(16-17-28)35-27(36)25(34-26(29(31,32)33)21-12-14-23(30)15-13-21)19-39(37,38)18-22-10-6-7-11-24(22)20-8-4-3-5-9-20/h1,3-15,25-26,34H,16-19H2,(H,35,36)/t25-,26-/m0/s1. The van der Waals surface area contributed by atoms with Crippen molar-refractivity contribution in [2.24, 2.45) is 0 Å². The molecule has 3 aromatic carbocycles. The van der Waals surface area contributed by atoms with E-state index in [4.69, 9.17) is 6.42 Å². The number of hydrogen-bond donors (Lipinski definition) is 2. The van der Waals surface area contributed by atoms with Gasteiger partial charge < -0.3 is 5.32 Å². The summed E-state index contributed by atoms with van der Waals surface area (Å²) in [5, 5.41) is 4.71. The van der Waals surface area contributed by atoms with Gasteiger partial charge in [-0.3, -0.25) is 10.1 Å². The predicted molar refractivity (Wildman–Crippen MR) is 140 cm³/mol. The summed E-state index contributed by atoms with van der Waals surface area (Å²) < 4.78 is 82.4. The SMILES string of the molecule is C#CC1(NC(=O)[C@H](CS(=O)(=O)Cc2ccccc2-c2ccccc2)N[C@@H](c2ccc(F)cc2)C(F)(F)F)CC1. The highest BCUT2D eigenvalue weighted by Crippen LogP contribution is 2.36. The molecule has 0 unspecified atom stereocenters. The van der Waals surface area contributed by atoms with Gasteiger partial charge in [-0.25, -0.2) is 12.8 Å². The summed E-state index contributed by atoms with van der Waals surface area (Å²) in [6.07, 6.45) is 1.42. The molecule has 0 spiro atoms. The normalized spacial score (nSPS) is 16.1. The Bertz CT molecular complexity index is 1460. The van der Waals surface area contributed by atoms with Crippen LogP contribution in [0.5, 0.6) is 0 Å². The largest absolute Gasteiger partial charge is 0.407 e. The second-order valence-electron chi connectivity index (χ2n) is 9.54. The van der Waals surface area contributed by atoms with Crippen LogP contribution in [0.3, 0.4) is 0 Å². The Morgan fingerprint density at radius 2 is 1.59 bits per heavy atom. The van der Waals surface area contributed by atoms with Crippen LogP contribution in [0.2, 0.25) is 0 Å². The van der Waals surface area contributed by atoms with Crippen molar-refractivity contribution in [3.63, 3.8) is 0 Å². The third kappa shape index (κ3) is 7.25. The predicted octanol–water partition coefficient (Wildman–Crippen LogP) is 4.95. The summed E-state index contributed by atoms with van der Waals surface area (Å²) >= 11 is 0. The van der Waals surface area contributed by atoms with Crippen LogP contribution in [-0.2, 0) is 20.4 Å². The van der Waals surface area contributed by atoms with Crippen LogP contribution in [-0.4, -0.2) is 37.8 Å². The average Bonchev–Trinajstić information content (AvgIpc) is 3.67. The maximum absolute atomic E-state index is 14.1. The lowest BCUT2D eigenvalue weighted by molar-refractivity contribution is -0.160. The number of alkyl halides is 3. The number of amides is 1. The van der Waals surface area contributed by atoms with Gasteiger partial charge in [0.05, 0.1) is 11.5 Å². The molecule has 0 radical (unpaired) electrons. The minimum Gasteiger partial charge on any atom is -0.338 e. The van der Waals surface area contributed by atoms with Crippen LogP contribution in [0.4, 0.5) is 17.6 Å². The molecule has 204 valence electrons. The van der Waals surface area contributed by atoms with Gasteiger partial charge in [0.2, 0.25) is 5.91 Å². The highest BCUT2D eigenvalue weighted by Gasteiger charge is 2.47. The maximum Gasteiger partial charge on any atom is 0.407 e. The van der Waals surface area contributed by atoms with Gasteiger partial charge >= 0.3 is 6.18 Å². The third-order valence-corrected chi connectivity index (χ3v) is 8.09. The molecule has 1 aliphatic rings. The van der Waals surface area contributed by atoms with Gasteiger partial charge in [0, 0.05) is 0 Å². The number of terminal acetylenes is 1. The molecule has 1 fully saturated rings. The fourth-order valence-electron chi connectivity index (χ4n) is 4.28. The molecule has 2 atom stereocenters. The zero-order valence-electron chi connectivity index (χ0n) is 20.7. The molecule has 0 aromatic heterocycles. The highest BCUT2D eigenvalue weighted by molar-refractivity contribution is 7.90. The summed E-state index contributed by atoms with van der Waals surface area (Å²) in [5.41, 5.74) is 0.487. The van der Waals surface area contributed by atoms with Crippen molar-refractivity contribution >= 4 is 15.7 Å². The molecule has 3 aromatic rings. The van der Waals surface area contributed by atoms with Gasteiger partial charge in [-0.15, -0.1) is 6.42 Å². The number of hydrogen-bond acceptors (Lipinski definition) is 4. The number of halogens is 4. The van der Waals surface area contributed by atoms with Crippen molar-refractivity contribution in [3.8, 4) is 23.5 Å². The van der Waals surface area contributed by atoms with E-state index >= 15 is 0 Å². The first-order chi connectivity index (χ1) is 18.4. The second-order valence-corrected chi connectivity index (χ2v) is 11.6. The molecule has 1 saturated carbocycles. The Kier molecular flexibility index (Phi) is 8.14. The van der Waals surface area contributed by atoms with Crippen molar-refractivity contribution in [1.82, 2.24) is 10.6 Å². The minimum absolute atomic E-state index is 0.369. The summed E-state index contributed by atoms with van der Waals surface area (Å²) in [6, 6.07) is 15.2. The number of sulfone groups is 1. The molecule has 4 rings (SSSR count). The zero-order valence-corrected chi connectivity index (χ0v) is 21.5. The lowest BCUT2D eigenvalue weighted by atomic mass is 10.0. The number of carbonyl (C=O) groups excluding carboxylic acids is 1.